The highest BCUT2D eigenvalue weighted by Gasteiger charge is 2.15. The molecule has 0 bridgehead atoms. The van der Waals surface area contributed by atoms with Crippen LogP contribution < -0.4 is 5.48 Å². The third-order valence-electron chi connectivity index (χ3n) is 1.65. The predicted octanol–water partition coefficient (Wildman–Crippen LogP) is 1.79. The molecule has 0 fully saturated rings. The topological polar surface area (TPSA) is 115 Å². The maximum atomic E-state index is 11.2. The molecule has 0 spiro atoms. The Morgan fingerprint density at radius 2 is 1.75 bits per heavy atom. The highest BCUT2D eigenvalue weighted by molar-refractivity contribution is 5.66. The highest BCUT2D eigenvalue weighted by atomic mass is 16.7. The van der Waals surface area contributed by atoms with Crippen molar-refractivity contribution in [1.82, 2.24) is 5.48 Å². The third kappa shape index (κ3) is 14.5. The molecule has 0 atom stereocenters. The Morgan fingerprint density at radius 1 is 1.15 bits per heavy atom. The molecule has 0 aliphatic carbocycles. The van der Waals surface area contributed by atoms with E-state index in [-0.39, 0.29) is 6.61 Å². The molecule has 0 aromatic carbocycles. The van der Waals surface area contributed by atoms with Crippen LogP contribution in [0.2, 0.25) is 0 Å². The minimum atomic E-state index is -0.640. The molecule has 20 heavy (non-hydrogen) atoms. The first-order valence-corrected chi connectivity index (χ1v) is 6.23. The van der Waals surface area contributed by atoms with Gasteiger partial charge in [0.05, 0.1) is 33.0 Å². The summed E-state index contributed by atoms with van der Waals surface area (Å²) in [5, 5.41) is 3.31. The average molecular weight is 290 g/mol. The number of hydroxylamine groups is 1. The van der Waals surface area contributed by atoms with E-state index in [1.54, 1.807) is 20.8 Å². The van der Waals surface area contributed by atoms with Gasteiger partial charge in [-0.05, 0) is 26.3 Å². The van der Waals surface area contributed by atoms with Gasteiger partial charge >= 0.3 is 6.09 Å². The maximum Gasteiger partial charge on any atom is 0.431 e. The summed E-state index contributed by atoms with van der Waals surface area (Å²) in [6.07, 6.45) is -0.640. The SMILES string of the molecule is CC(C)(C)OC(=O)NOCCOCCOCCN=[N+]=[N-]. The Hall–Kier alpha value is -1.54. The van der Waals surface area contributed by atoms with Gasteiger partial charge in [-0.1, -0.05) is 5.11 Å². The smallest absolute Gasteiger partial charge is 0.431 e. The fourth-order valence-electron chi connectivity index (χ4n) is 0.982. The van der Waals surface area contributed by atoms with Crippen LogP contribution in [0.15, 0.2) is 5.11 Å². The molecule has 0 unspecified atom stereocenters. The number of hydrogen-bond donors (Lipinski definition) is 1. The van der Waals surface area contributed by atoms with Crippen LogP contribution in [0, 0.1) is 0 Å². The lowest BCUT2D eigenvalue weighted by atomic mass is 10.2. The van der Waals surface area contributed by atoms with Crippen molar-refractivity contribution in [2.75, 3.05) is 39.6 Å². The molecule has 9 nitrogen and oxygen atoms in total. The van der Waals surface area contributed by atoms with E-state index in [1.165, 1.54) is 0 Å². The molecule has 1 amide bonds. The zero-order chi connectivity index (χ0) is 15.3. The summed E-state index contributed by atoms with van der Waals surface area (Å²) >= 11 is 0. The van der Waals surface area contributed by atoms with Crippen molar-refractivity contribution in [3.63, 3.8) is 0 Å². The zero-order valence-electron chi connectivity index (χ0n) is 12.1. The van der Waals surface area contributed by atoms with Crippen LogP contribution in [-0.2, 0) is 19.0 Å². The standard InChI is InChI=1S/C11H22N4O5/c1-11(2,3)20-10(16)14-19-9-8-18-7-6-17-5-4-13-15-12/h4-9H2,1-3H3,(H,14,16). The van der Waals surface area contributed by atoms with Crippen molar-refractivity contribution in [3.05, 3.63) is 10.4 Å². The second kappa shape index (κ2) is 11.3. The fraction of sp³-hybridized carbons (Fsp3) is 0.909. The quantitative estimate of drug-likeness (QED) is 0.216. The number of hydrogen-bond acceptors (Lipinski definition) is 6. The Labute approximate surface area is 118 Å². The van der Waals surface area contributed by atoms with E-state index in [0.717, 1.165) is 0 Å². The molecule has 116 valence electrons. The molecule has 0 saturated carbocycles. The van der Waals surface area contributed by atoms with E-state index in [2.05, 4.69) is 15.5 Å². The van der Waals surface area contributed by atoms with Gasteiger partial charge in [-0.15, -0.1) is 0 Å². The number of ether oxygens (including phenoxy) is 3. The summed E-state index contributed by atoms with van der Waals surface area (Å²) < 4.78 is 15.3. The first kappa shape index (κ1) is 18.5. The van der Waals surface area contributed by atoms with Crippen LogP contribution in [-0.4, -0.2) is 51.3 Å². The monoisotopic (exact) mass is 290 g/mol. The Bertz CT molecular complexity index is 312. The molecule has 0 radical (unpaired) electrons. The van der Waals surface area contributed by atoms with Crippen molar-refractivity contribution >= 4 is 6.09 Å². The van der Waals surface area contributed by atoms with Crippen LogP contribution in [0.4, 0.5) is 4.79 Å². The summed E-state index contributed by atoms with van der Waals surface area (Å²) in [4.78, 5) is 18.6. The van der Waals surface area contributed by atoms with E-state index in [9.17, 15) is 4.79 Å². The zero-order valence-corrected chi connectivity index (χ0v) is 12.1. The van der Waals surface area contributed by atoms with Crippen molar-refractivity contribution in [2.24, 2.45) is 5.11 Å². The molecular formula is C11H22N4O5. The number of carbonyl (C=O) groups is 1. The first-order chi connectivity index (χ1) is 9.45. The molecule has 0 heterocycles. The van der Waals surface area contributed by atoms with Gasteiger partial charge in [-0.3, -0.25) is 4.84 Å². The number of rotatable bonds is 10. The molecule has 0 aliphatic rings. The molecule has 1 N–H and O–H groups in total. The van der Waals surface area contributed by atoms with Gasteiger partial charge in [0.25, 0.3) is 0 Å². The molecule has 0 aliphatic heterocycles. The van der Waals surface area contributed by atoms with Crippen molar-refractivity contribution < 1.29 is 23.8 Å². The lowest BCUT2D eigenvalue weighted by Crippen LogP contribution is -2.33. The van der Waals surface area contributed by atoms with Crippen LogP contribution in [0.5, 0.6) is 0 Å². The van der Waals surface area contributed by atoms with Crippen molar-refractivity contribution in [2.45, 2.75) is 26.4 Å². The average Bonchev–Trinajstić information content (AvgIpc) is 2.34. The first-order valence-electron chi connectivity index (χ1n) is 6.23. The largest absolute Gasteiger partial charge is 0.442 e. The number of nitrogens with one attached hydrogen (secondary N) is 1. The number of carbonyl (C=O) groups excluding carboxylic acids is 1. The van der Waals surface area contributed by atoms with Gasteiger partial charge in [0.2, 0.25) is 0 Å². The Morgan fingerprint density at radius 3 is 2.35 bits per heavy atom. The summed E-state index contributed by atoms with van der Waals surface area (Å²) in [6.45, 7) is 7.27. The van der Waals surface area contributed by atoms with E-state index in [1.807, 2.05) is 0 Å². The summed E-state index contributed by atoms with van der Waals surface area (Å²) in [5.74, 6) is 0. The lowest BCUT2D eigenvalue weighted by molar-refractivity contribution is -0.0324. The third-order valence-corrected chi connectivity index (χ3v) is 1.65. The van der Waals surface area contributed by atoms with Crippen molar-refractivity contribution in [3.8, 4) is 0 Å². The van der Waals surface area contributed by atoms with E-state index in [4.69, 9.17) is 24.6 Å². The Balaban J connectivity index is 3.24. The summed E-state index contributed by atoms with van der Waals surface area (Å²) in [5.41, 5.74) is 9.60. The fourth-order valence-corrected chi connectivity index (χ4v) is 0.982. The predicted molar refractivity (Wildman–Crippen MR) is 71.0 cm³/mol. The second-order valence-corrected chi connectivity index (χ2v) is 4.63. The normalized spacial score (nSPS) is 10.8. The molecule has 0 aromatic heterocycles. The van der Waals surface area contributed by atoms with Gasteiger partial charge in [0, 0.05) is 11.5 Å². The number of amides is 1. The van der Waals surface area contributed by atoms with Crippen LogP contribution in [0.1, 0.15) is 20.8 Å². The highest BCUT2D eigenvalue weighted by Crippen LogP contribution is 2.06. The Kier molecular flexibility index (Phi) is 10.4. The van der Waals surface area contributed by atoms with Crippen LogP contribution in [0.25, 0.3) is 10.4 Å². The van der Waals surface area contributed by atoms with Gasteiger partial charge in [-0.2, -0.15) is 5.48 Å². The van der Waals surface area contributed by atoms with E-state index >= 15 is 0 Å². The minimum absolute atomic E-state index is 0.206. The summed E-state index contributed by atoms with van der Waals surface area (Å²) in [7, 11) is 0. The molecular weight excluding hydrogens is 268 g/mol. The van der Waals surface area contributed by atoms with Crippen LogP contribution >= 0.6 is 0 Å². The maximum absolute atomic E-state index is 11.2. The van der Waals surface area contributed by atoms with E-state index < -0.39 is 11.7 Å². The van der Waals surface area contributed by atoms with Crippen molar-refractivity contribution in [1.29, 1.82) is 0 Å². The second-order valence-electron chi connectivity index (χ2n) is 4.63. The van der Waals surface area contributed by atoms with Gasteiger partial charge in [0.1, 0.15) is 5.60 Å². The minimum Gasteiger partial charge on any atom is -0.442 e. The van der Waals surface area contributed by atoms with Gasteiger partial charge in [-0.25, -0.2) is 4.79 Å². The summed E-state index contributed by atoms with van der Waals surface area (Å²) in [6, 6.07) is 0. The van der Waals surface area contributed by atoms with E-state index in [0.29, 0.717) is 33.0 Å². The van der Waals surface area contributed by atoms with Crippen LogP contribution in [0.3, 0.4) is 0 Å². The van der Waals surface area contributed by atoms with Gasteiger partial charge < -0.3 is 14.2 Å². The van der Waals surface area contributed by atoms with Gasteiger partial charge in [0.15, 0.2) is 0 Å². The molecule has 9 heteroatoms. The number of nitrogens with zero attached hydrogens (tertiary/aromatic N) is 3. The lowest BCUT2D eigenvalue weighted by Gasteiger charge is -2.19. The molecule has 0 rings (SSSR count). The molecule has 0 aromatic rings. The number of azide groups is 1. The molecule has 0 saturated heterocycles.